The van der Waals surface area contributed by atoms with Crippen LogP contribution in [0.4, 0.5) is 0 Å². The van der Waals surface area contributed by atoms with Crippen LogP contribution in [0.25, 0.3) is 0 Å². The zero-order valence-electron chi connectivity index (χ0n) is 16.1. The van der Waals surface area contributed by atoms with Crippen molar-refractivity contribution in [3.8, 4) is 0 Å². The Morgan fingerprint density at radius 1 is 1.26 bits per heavy atom. The van der Waals surface area contributed by atoms with Crippen molar-refractivity contribution in [1.82, 2.24) is 15.5 Å². The molecule has 1 unspecified atom stereocenters. The fourth-order valence-corrected chi connectivity index (χ4v) is 3.97. The highest BCUT2D eigenvalue weighted by Crippen LogP contribution is 2.27. The maximum absolute atomic E-state index is 12.3. The zero-order valence-corrected chi connectivity index (χ0v) is 16.9. The summed E-state index contributed by atoms with van der Waals surface area (Å²) in [6, 6.07) is -0.739. The highest BCUT2D eigenvalue weighted by atomic mass is 32.1. The number of hydrogen-bond donors (Lipinski definition) is 2. The molecule has 152 valence electrons. The Morgan fingerprint density at radius 3 is 2.70 bits per heavy atom. The maximum Gasteiger partial charge on any atom is 0.308 e. The van der Waals surface area contributed by atoms with Gasteiger partial charge in [-0.05, 0) is 37.4 Å². The number of nitrogens with one attached hydrogen (secondary N) is 2. The van der Waals surface area contributed by atoms with Crippen LogP contribution in [0.5, 0.6) is 0 Å². The Morgan fingerprint density at radius 2 is 2.00 bits per heavy atom. The summed E-state index contributed by atoms with van der Waals surface area (Å²) >= 11 is 5.36. The first-order valence-electron chi connectivity index (χ1n) is 10.0. The number of unbranched alkanes of at least 4 members (excludes halogenated alkanes) is 2. The van der Waals surface area contributed by atoms with Crippen molar-refractivity contribution in [3.63, 3.8) is 0 Å². The fourth-order valence-electron chi connectivity index (χ4n) is 3.63. The Hall–Kier alpha value is -1.70. The summed E-state index contributed by atoms with van der Waals surface area (Å²) in [4.78, 5) is 38.2. The van der Waals surface area contributed by atoms with E-state index in [1.54, 1.807) is 4.90 Å². The molecule has 7 nitrogen and oxygen atoms in total. The molecule has 2 N–H and O–H groups in total. The standard InChI is InChI=1S/C19H31N3O4S/c1-2-3-6-11-26-17(24)13-15-18(25)20-9-10-22(15)19(27)21-16(23)12-14-7-4-5-8-14/h14-15H,2-13H2,1H3,(H,20,25)(H,21,23,27). The average Bonchev–Trinajstić information content (AvgIpc) is 3.13. The van der Waals surface area contributed by atoms with Crippen LogP contribution >= 0.6 is 12.2 Å². The SMILES string of the molecule is CCCCCOC(=O)CC1C(=O)NCCN1C(=S)NC(=O)CC1CCCC1. The Labute approximate surface area is 166 Å². The number of carbonyl (C=O) groups excluding carboxylic acids is 3. The van der Waals surface area contributed by atoms with Crippen LogP contribution in [0, 0.1) is 5.92 Å². The number of rotatable bonds is 8. The lowest BCUT2D eigenvalue weighted by Gasteiger charge is -2.36. The van der Waals surface area contributed by atoms with E-state index >= 15 is 0 Å². The van der Waals surface area contributed by atoms with Crippen LogP contribution < -0.4 is 10.6 Å². The summed E-state index contributed by atoms with van der Waals surface area (Å²) in [5.41, 5.74) is 0. The summed E-state index contributed by atoms with van der Waals surface area (Å²) in [5.74, 6) is -0.373. The van der Waals surface area contributed by atoms with Crippen molar-refractivity contribution in [2.45, 2.75) is 70.8 Å². The highest BCUT2D eigenvalue weighted by Gasteiger charge is 2.34. The zero-order chi connectivity index (χ0) is 19.6. The summed E-state index contributed by atoms with van der Waals surface area (Å²) in [7, 11) is 0. The van der Waals surface area contributed by atoms with Crippen molar-refractivity contribution in [2.24, 2.45) is 5.92 Å². The molecule has 0 aromatic heterocycles. The van der Waals surface area contributed by atoms with E-state index in [1.807, 2.05) is 0 Å². The third-order valence-electron chi connectivity index (χ3n) is 5.16. The topological polar surface area (TPSA) is 87.7 Å². The second-order valence-electron chi connectivity index (χ2n) is 7.34. The van der Waals surface area contributed by atoms with Gasteiger partial charge >= 0.3 is 5.97 Å². The largest absolute Gasteiger partial charge is 0.466 e. The first-order valence-corrected chi connectivity index (χ1v) is 10.5. The Bertz CT molecular complexity index is 549. The van der Waals surface area contributed by atoms with Crippen LogP contribution in [-0.4, -0.2) is 53.5 Å². The van der Waals surface area contributed by atoms with Crippen molar-refractivity contribution in [1.29, 1.82) is 0 Å². The van der Waals surface area contributed by atoms with Crippen LogP contribution in [0.2, 0.25) is 0 Å². The van der Waals surface area contributed by atoms with Crippen LogP contribution in [0.1, 0.15) is 64.7 Å². The lowest BCUT2D eigenvalue weighted by molar-refractivity contribution is -0.147. The van der Waals surface area contributed by atoms with E-state index in [1.165, 1.54) is 12.8 Å². The molecule has 1 aliphatic carbocycles. The van der Waals surface area contributed by atoms with E-state index in [2.05, 4.69) is 17.6 Å². The van der Waals surface area contributed by atoms with Gasteiger partial charge in [0.15, 0.2) is 5.11 Å². The second-order valence-corrected chi connectivity index (χ2v) is 7.73. The molecule has 27 heavy (non-hydrogen) atoms. The molecule has 1 heterocycles. The van der Waals surface area contributed by atoms with E-state index < -0.39 is 12.0 Å². The first-order chi connectivity index (χ1) is 13.0. The molecular formula is C19H31N3O4S. The van der Waals surface area contributed by atoms with E-state index in [0.717, 1.165) is 32.1 Å². The number of piperazine rings is 1. The molecule has 1 atom stereocenters. The number of amides is 2. The van der Waals surface area contributed by atoms with Gasteiger partial charge in [-0.2, -0.15) is 0 Å². The molecule has 0 aromatic rings. The fraction of sp³-hybridized carbons (Fsp3) is 0.789. The molecular weight excluding hydrogens is 366 g/mol. The van der Waals surface area contributed by atoms with Crippen LogP contribution in [0.15, 0.2) is 0 Å². The van der Waals surface area contributed by atoms with Gasteiger partial charge in [-0.15, -0.1) is 0 Å². The van der Waals surface area contributed by atoms with Crippen LogP contribution in [0.3, 0.4) is 0 Å². The number of ether oxygens (including phenoxy) is 1. The van der Waals surface area contributed by atoms with E-state index in [0.29, 0.717) is 32.0 Å². The molecule has 0 spiro atoms. The quantitative estimate of drug-likeness (QED) is 0.369. The normalized spacial score (nSPS) is 20.3. The second kappa shape index (κ2) is 11.2. The lowest BCUT2D eigenvalue weighted by atomic mass is 10.0. The predicted octanol–water partition coefficient (Wildman–Crippen LogP) is 1.89. The average molecular weight is 398 g/mol. The summed E-state index contributed by atoms with van der Waals surface area (Å²) in [6.07, 6.45) is 7.77. The summed E-state index contributed by atoms with van der Waals surface area (Å²) < 4.78 is 5.22. The number of thiocarbonyl (C=S) groups is 1. The van der Waals surface area contributed by atoms with Gasteiger partial charge < -0.3 is 20.3 Å². The van der Waals surface area contributed by atoms with Gasteiger partial charge in [0.2, 0.25) is 11.8 Å². The molecule has 2 fully saturated rings. The maximum atomic E-state index is 12.3. The van der Waals surface area contributed by atoms with Gasteiger partial charge in [-0.3, -0.25) is 14.4 Å². The van der Waals surface area contributed by atoms with Crippen LogP contribution in [-0.2, 0) is 19.1 Å². The van der Waals surface area contributed by atoms with Crippen molar-refractivity contribution < 1.29 is 19.1 Å². The summed E-state index contributed by atoms with van der Waals surface area (Å²) in [5, 5.41) is 5.72. The van der Waals surface area contributed by atoms with Gasteiger partial charge in [-0.1, -0.05) is 32.6 Å². The molecule has 0 radical (unpaired) electrons. The van der Waals surface area contributed by atoms with Crippen molar-refractivity contribution in [2.75, 3.05) is 19.7 Å². The minimum absolute atomic E-state index is 0.0728. The molecule has 1 aliphatic heterocycles. The van der Waals surface area contributed by atoms with Crippen molar-refractivity contribution in [3.05, 3.63) is 0 Å². The lowest BCUT2D eigenvalue weighted by Crippen LogP contribution is -2.60. The van der Waals surface area contributed by atoms with E-state index in [9.17, 15) is 14.4 Å². The Balaban J connectivity index is 1.85. The number of hydrogen-bond acceptors (Lipinski definition) is 5. The molecule has 8 heteroatoms. The molecule has 0 bridgehead atoms. The van der Waals surface area contributed by atoms with E-state index in [-0.39, 0.29) is 23.3 Å². The van der Waals surface area contributed by atoms with E-state index in [4.69, 9.17) is 17.0 Å². The molecule has 2 amide bonds. The molecule has 1 saturated carbocycles. The number of esters is 1. The van der Waals surface area contributed by atoms with Crippen molar-refractivity contribution >= 4 is 35.1 Å². The van der Waals surface area contributed by atoms with Gasteiger partial charge in [0.1, 0.15) is 6.04 Å². The van der Waals surface area contributed by atoms with Gasteiger partial charge in [0, 0.05) is 19.5 Å². The smallest absolute Gasteiger partial charge is 0.308 e. The van der Waals surface area contributed by atoms with Gasteiger partial charge in [-0.25, -0.2) is 0 Å². The Kier molecular flexibility index (Phi) is 8.97. The third kappa shape index (κ3) is 7.08. The molecule has 2 rings (SSSR count). The van der Waals surface area contributed by atoms with Gasteiger partial charge in [0.25, 0.3) is 0 Å². The molecule has 0 aromatic carbocycles. The minimum atomic E-state index is -0.739. The first kappa shape index (κ1) is 21.6. The highest BCUT2D eigenvalue weighted by molar-refractivity contribution is 7.80. The third-order valence-corrected chi connectivity index (χ3v) is 5.49. The summed E-state index contributed by atoms with van der Waals surface area (Å²) in [6.45, 7) is 3.33. The molecule has 1 saturated heterocycles. The monoisotopic (exact) mass is 397 g/mol. The number of carbonyl (C=O) groups is 3. The number of nitrogens with zero attached hydrogens (tertiary/aromatic N) is 1. The minimum Gasteiger partial charge on any atom is -0.466 e. The molecule has 2 aliphatic rings. The predicted molar refractivity (Wildman–Crippen MR) is 106 cm³/mol. The van der Waals surface area contributed by atoms with Gasteiger partial charge in [0.05, 0.1) is 13.0 Å².